The molecule has 0 aliphatic carbocycles. The number of likely N-dealkylation sites (tertiary alicyclic amines) is 1. The number of fused-ring (bicyclic) bond motifs is 1. The Labute approximate surface area is 155 Å². The molecule has 0 aromatic carbocycles. The predicted molar refractivity (Wildman–Crippen MR) is 99.2 cm³/mol. The second-order valence-electron chi connectivity index (χ2n) is 6.34. The van der Waals surface area contributed by atoms with E-state index < -0.39 is 6.10 Å². The highest BCUT2D eigenvalue weighted by Crippen LogP contribution is 2.24. The Morgan fingerprint density at radius 2 is 2.08 bits per heavy atom. The maximum absolute atomic E-state index is 12.7. The molecule has 4 heterocycles. The first-order chi connectivity index (χ1) is 12.8. The Morgan fingerprint density at radius 1 is 1.23 bits per heavy atom. The van der Waals surface area contributed by atoms with Crippen molar-refractivity contribution in [1.29, 1.82) is 0 Å². The van der Waals surface area contributed by atoms with Gasteiger partial charge < -0.3 is 9.64 Å². The van der Waals surface area contributed by atoms with Gasteiger partial charge in [-0.3, -0.25) is 4.79 Å². The Morgan fingerprint density at radius 3 is 2.81 bits per heavy atom. The Balaban J connectivity index is 1.57. The summed E-state index contributed by atoms with van der Waals surface area (Å²) in [5, 5.41) is 14.9. The number of ether oxygens (including phenoxy) is 1. The van der Waals surface area contributed by atoms with Crippen LogP contribution in [-0.2, 0) is 4.79 Å². The van der Waals surface area contributed by atoms with E-state index in [1.165, 1.54) is 6.42 Å². The van der Waals surface area contributed by atoms with E-state index in [9.17, 15) is 4.79 Å². The van der Waals surface area contributed by atoms with Gasteiger partial charge in [-0.15, -0.1) is 26.6 Å². The van der Waals surface area contributed by atoms with Crippen molar-refractivity contribution in [2.75, 3.05) is 13.1 Å². The van der Waals surface area contributed by atoms with E-state index in [2.05, 4.69) is 15.3 Å². The summed E-state index contributed by atoms with van der Waals surface area (Å²) >= 11 is 1.58. The van der Waals surface area contributed by atoms with Gasteiger partial charge >= 0.3 is 0 Å². The van der Waals surface area contributed by atoms with Gasteiger partial charge in [0.2, 0.25) is 5.88 Å². The molecule has 0 radical (unpaired) electrons. The van der Waals surface area contributed by atoms with Crippen LogP contribution < -0.4 is 4.74 Å². The Kier molecular flexibility index (Phi) is 4.83. The van der Waals surface area contributed by atoms with Gasteiger partial charge in [0.05, 0.1) is 4.88 Å². The van der Waals surface area contributed by atoms with E-state index in [1.807, 2.05) is 35.4 Å². The lowest BCUT2D eigenvalue weighted by Gasteiger charge is -2.29. The van der Waals surface area contributed by atoms with Gasteiger partial charge in [0.1, 0.15) is 0 Å². The van der Waals surface area contributed by atoms with Crippen LogP contribution in [0.1, 0.15) is 32.6 Å². The van der Waals surface area contributed by atoms with Crippen LogP contribution in [-0.4, -0.2) is 49.8 Å². The molecular weight excluding hydrogens is 350 g/mol. The van der Waals surface area contributed by atoms with Gasteiger partial charge in [-0.1, -0.05) is 13.0 Å². The molecule has 1 aliphatic heterocycles. The topological polar surface area (TPSA) is 72.6 Å². The van der Waals surface area contributed by atoms with Gasteiger partial charge in [-0.2, -0.15) is 4.52 Å². The molecule has 0 bridgehead atoms. The molecule has 0 saturated carbocycles. The maximum atomic E-state index is 12.7. The van der Waals surface area contributed by atoms with Crippen LogP contribution in [0.15, 0.2) is 29.6 Å². The summed E-state index contributed by atoms with van der Waals surface area (Å²) in [7, 11) is 0. The molecule has 3 aromatic heterocycles. The fourth-order valence-corrected chi connectivity index (χ4v) is 3.86. The summed E-state index contributed by atoms with van der Waals surface area (Å²) in [6.07, 6.45) is 3.42. The monoisotopic (exact) mass is 371 g/mol. The van der Waals surface area contributed by atoms with E-state index in [0.717, 1.165) is 30.8 Å². The lowest BCUT2D eigenvalue weighted by atomic mass is 10.1. The number of nitrogens with zero attached hydrogens (tertiary/aromatic N) is 5. The highest BCUT2D eigenvalue weighted by Gasteiger charge is 2.26. The van der Waals surface area contributed by atoms with Crippen LogP contribution in [0.25, 0.3) is 16.3 Å². The number of rotatable bonds is 5. The van der Waals surface area contributed by atoms with E-state index in [0.29, 0.717) is 23.8 Å². The van der Waals surface area contributed by atoms with Crippen molar-refractivity contribution in [3.05, 3.63) is 29.6 Å². The molecule has 1 unspecified atom stereocenters. The lowest BCUT2D eigenvalue weighted by molar-refractivity contribution is -0.139. The fraction of sp³-hybridized carbons (Fsp3) is 0.444. The number of thiophene rings is 1. The molecule has 26 heavy (non-hydrogen) atoms. The highest BCUT2D eigenvalue weighted by molar-refractivity contribution is 7.13. The molecule has 1 atom stereocenters. The molecule has 1 amide bonds. The number of carbonyl (C=O) groups excluding carboxylic acids is 1. The quantitative estimate of drug-likeness (QED) is 0.689. The fourth-order valence-electron chi connectivity index (χ4n) is 3.17. The molecule has 136 valence electrons. The third-order valence-corrected chi connectivity index (χ3v) is 5.42. The van der Waals surface area contributed by atoms with Gasteiger partial charge in [0.15, 0.2) is 17.6 Å². The summed E-state index contributed by atoms with van der Waals surface area (Å²) in [6, 6.07) is 7.50. The van der Waals surface area contributed by atoms with Crippen LogP contribution >= 0.6 is 11.3 Å². The molecule has 1 fully saturated rings. The first-order valence-electron chi connectivity index (χ1n) is 8.98. The zero-order chi connectivity index (χ0) is 17.9. The van der Waals surface area contributed by atoms with Crippen molar-refractivity contribution in [1.82, 2.24) is 24.7 Å². The first kappa shape index (κ1) is 17.0. The lowest BCUT2D eigenvalue weighted by Crippen LogP contribution is -2.44. The Bertz CT molecular complexity index is 886. The zero-order valence-corrected chi connectivity index (χ0v) is 15.5. The highest BCUT2D eigenvalue weighted by atomic mass is 32.1. The number of amides is 1. The van der Waals surface area contributed by atoms with Crippen molar-refractivity contribution in [3.8, 4) is 16.6 Å². The normalized spacial score (nSPS) is 16.0. The molecule has 3 aromatic rings. The minimum atomic E-state index is -0.514. The minimum Gasteiger partial charge on any atom is -0.463 e. The third kappa shape index (κ3) is 3.29. The van der Waals surface area contributed by atoms with E-state index >= 15 is 0 Å². The largest absolute Gasteiger partial charge is 0.463 e. The summed E-state index contributed by atoms with van der Waals surface area (Å²) in [4.78, 5) is 15.6. The number of aromatic nitrogens is 4. The predicted octanol–water partition coefficient (Wildman–Crippen LogP) is 3.02. The van der Waals surface area contributed by atoms with Crippen molar-refractivity contribution in [2.24, 2.45) is 0 Å². The smallest absolute Gasteiger partial charge is 0.263 e. The number of piperidine rings is 1. The van der Waals surface area contributed by atoms with Crippen molar-refractivity contribution in [2.45, 2.75) is 38.7 Å². The van der Waals surface area contributed by atoms with E-state index in [4.69, 9.17) is 4.74 Å². The zero-order valence-electron chi connectivity index (χ0n) is 14.7. The molecule has 0 N–H and O–H groups in total. The van der Waals surface area contributed by atoms with Gasteiger partial charge in [-0.25, -0.2) is 0 Å². The van der Waals surface area contributed by atoms with Gasteiger partial charge in [0, 0.05) is 19.2 Å². The summed E-state index contributed by atoms with van der Waals surface area (Å²) in [5.74, 6) is 1.14. The van der Waals surface area contributed by atoms with Gasteiger partial charge in [0.25, 0.3) is 5.91 Å². The van der Waals surface area contributed by atoms with Crippen molar-refractivity contribution >= 4 is 22.9 Å². The Hall–Kier alpha value is -2.48. The average molecular weight is 371 g/mol. The third-order valence-electron chi connectivity index (χ3n) is 4.56. The van der Waals surface area contributed by atoms with Gasteiger partial charge in [-0.05, 0) is 43.2 Å². The second-order valence-corrected chi connectivity index (χ2v) is 7.29. The SMILES string of the molecule is CCC(Oc1ccc2nnc(-c3cccs3)n2n1)C(=O)N1CCCCC1. The molecule has 4 rings (SSSR count). The van der Waals surface area contributed by atoms with Crippen LogP contribution in [0.5, 0.6) is 5.88 Å². The summed E-state index contributed by atoms with van der Waals surface area (Å²) < 4.78 is 7.62. The molecule has 1 saturated heterocycles. The molecular formula is C18H21N5O2S. The van der Waals surface area contributed by atoms with Crippen LogP contribution in [0.3, 0.4) is 0 Å². The molecule has 0 spiro atoms. The number of hydrogen-bond acceptors (Lipinski definition) is 6. The molecule has 1 aliphatic rings. The number of carbonyl (C=O) groups is 1. The van der Waals surface area contributed by atoms with Crippen LogP contribution in [0.2, 0.25) is 0 Å². The minimum absolute atomic E-state index is 0.0522. The van der Waals surface area contributed by atoms with Crippen LogP contribution in [0, 0.1) is 0 Å². The van der Waals surface area contributed by atoms with Crippen molar-refractivity contribution < 1.29 is 9.53 Å². The number of hydrogen-bond donors (Lipinski definition) is 0. The van der Waals surface area contributed by atoms with E-state index in [1.54, 1.807) is 21.9 Å². The van der Waals surface area contributed by atoms with E-state index in [-0.39, 0.29) is 5.91 Å². The maximum Gasteiger partial charge on any atom is 0.263 e. The second kappa shape index (κ2) is 7.41. The van der Waals surface area contributed by atoms with Crippen LogP contribution in [0.4, 0.5) is 0 Å². The van der Waals surface area contributed by atoms with Crippen molar-refractivity contribution in [3.63, 3.8) is 0 Å². The summed E-state index contributed by atoms with van der Waals surface area (Å²) in [6.45, 7) is 3.60. The molecule has 8 heteroatoms. The molecule has 7 nitrogen and oxygen atoms in total. The summed E-state index contributed by atoms with van der Waals surface area (Å²) in [5.41, 5.74) is 0.649. The average Bonchev–Trinajstić information content (AvgIpc) is 3.35. The first-order valence-corrected chi connectivity index (χ1v) is 9.86. The standard InChI is InChI=1S/C18H21N5O2S/c1-2-13(18(24)22-10-4-3-5-11-22)25-16-9-8-15-19-20-17(23(15)21-16)14-7-6-12-26-14/h6-9,12-13H,2-5,10-11H2,1H3.